The van der Waals surface area contributed by atoms with Crippen molar-refractivity contribution in [3.8, 4) is 0 Å². The van der Waals surface area contributed by atoms with Crippen molar-refractivity contribution < 1.29 is 8.58 Å². The monoisotopic (exact) mass is 244 g/mol. The fourth-order valence-electron chi connectivity index (χ4n) is 0.0891. The van der Waals surface area contributed by atoms with E-state index in [-0.39, 0.29) is 9.71 Å². The largest absolute Gasteiger partial charge is 0.620 e. The number of rotatable bonds is 1. The first-order valence-corrected chi connectivity index (χ1v) is 4.19. The lowest BCUT2D eigenvalue weighted by Gasteiger charge is -1.97. The van der Waals surface area contributed by atoms with Gasteiger partial charge in [-0.05, 0) is 0 Å². The Labute approximate surface area is 66.6 Å². The zero-order valence-corrected chi connectivity index (χ0v) is 8.82. The van der Waals surface area contributed by atoms with Gasteiger partial charge in [0.25, 0.3) is 5.97 Å². The molecule has 0 rings (SSSR count). The van der Waals surface area contributed by atoms with Crippen LogP contribution >= 0.6 is 31.9 Å². The van der Waals surface area contributed by atoms with Crippen LogP contribution in [0.4, 0.5) is 0 Å². The Bertz CT molecular complexity index is 74.1. The summed E-state index contributed by atoms with van der Waals surface area (Å²) in [7, 11) is 0. The van der Waals surface area contributed by atoms with E-state index in [0.29, 0.717) is 16.6 Å². The molecule has 5 heteroatoms. The molecule has 0 aliphatic carbocycles. The Hall–Kier alpha value is 0.962. The zero-order valence-electron chi connectivity index (χ0n) is 3.65. The van der Waals surface area contributed by atoms with Crippen LogP contribution in [0.1, 0.15) is 0 Å². The molecule has 0 heterocycles. The van der Waals surface area contributed by atoms with Crippen molar-refractivity contribution in [1.29, 1.82) is 0 Å². The lowest BCUT2D eigenvalue weighted by Crippen LogP contribution is -2.08. The van der Waals surface area contributed by atoms with Crippen LogP contribution in [0.3, 0.4) is 0 Å². The predicted molar refractivity (Wildman–Crippen MR) is 36.3 cm³/mol. The maximum absolute atomic E-state index is 10.2. The van der Waals surface area contributed by atoms with Gasteiger partial charge in [0.15, 0.2) is 3.74 Å². The molecule has 0 aliphatic heterocycles. The summed E-state index contributed by atoms with van der Waals surface area (Å²) in [6.07, 6.45) is 0. The topological polar surface area (TPSA) is 26.3 Å². The minimum absolute atomic E-state index is 0.258. The van der Waals surface area contributed by atoms with Crippen molar-refractivity contribution in [2.45, 2.75) is 3.74 Å². The second-order valence-electron chi connectivity index (χ2n) is 0.824. The highest BCUT2D eigenvalue weighted by molar-refractivity contribution is 9.25. The van der Waals surface area contributed by atoms with Gasteiger partial charge in [0.1, 0.15) is 0 Å². The first-order chi connectivity index (χ1) is 3.18. The van der Waals surface area contributed by atoms with Gasteiger partial charge in [0.2, 0.25) is 0 Å². The van der Waals surface area contributed by atoms with Gasteiger partial charge >= 0.3 is 16.6 Å². The van der Waals surface area contributed by atoms with Gasteiger partial charge in [-0.15, -0.1) is 0 Å². The third-order valence-electron chi connectivity index (χ3n) is 0.379. The number of hydrogen-bond donors (Lipinski definition) is 0. The fourth-order valence-corrected chi connectivity index (χ4v) is 1.39. The molecule has 0 atom stereocenters. The van der Waals surface area contributed by atoms with Crippen LogP contribution < -0.4 is 0 Å². The molecule has 0 spiro atoms. The summed E-state index contributed by atoms with van der Waals surface area (Å²) < 4.78 is 4.08. The van der Waals surface area contributed by atoms with Crippen molar-refractivity contribution in [2.24, 2.45) is 0 Å². The molecule has 0 bridgehead atoms. The highest BCUT2D eigenvalue weighted by Crippen LogP contribution is 2.07. The molecular formula is C2H3AlBr2O2. The van der Waals surface area contributed by atoms with Crippen LogP contribution in [-0.2, 0) is 8.58 Å². The Morgan fingerprint density at radius 3 is 2.14 bits per heavy atom. The van der Waals surface area contributed by atoms with Gasteiger partial charge in [-0.25, -0.2) is 0 Å². The molecule has 0 aromatic rings. The van der Waals surface area contributed by atoms with Gasteiger partial charge < -0.3 is 3.79 Å². The Kier molecular flexibility index (Phi) is 4.44. The lowest BCUT2D eigenvalue weighted by atomic mass is 10.8. The Morgan fingerprint density at radius 1 is 1.71 bits per heavy atom. The Morgan fingerprint density at radius 2 is 2.14 bits per heavy atom. The van der Waals surface area contributed by atoms with Crippen LogP contribution in [0.25, 0.3) is 0 Å². The molecule has 0 aromatic carbocycles. The van der Waals surface area contributed by atoms with Crippen LogP contribution in [-0.4, -0.2) is 26.3 Å². The summed E-state index contributed by atoms with van der Waals surface area (Å²) in [5.74, 6) is -0.258. The third-order valence-corrected chi connectivity index (χ3v) is 1.53. The van der Waals surface area contributed by atoms with E-state index in [9.17, 15) is 4.79 Å². The number of alkyl halides is 2. The lowest BCUT2D eigenvalue weighted by molar-refractivity contribution is -0.131. The van der Waals surface area contributed by atoms with Crippen LogP contribution in [0.15, 0.2) is 0 Å². The van der Waals surface area contributed by atoms with E-state index in [1.165, 1.54) is 0 Å². The van der Waals surface area contributed by atoms with Gasteiger partial charge in [-0.2, -0.15) is 0 Å². The van der Waals surface area contributed by atoms with E-state index in [2.05, 4.69) is 35.6 Å². The summed E-state index contributed by atoms with van der Waals surface area (Å²) in [6, 6.07) is 0. The van der Waals surface area contributed by atoms with E-state index in [1.807, 2.05) is 0 Å². The average Bonchev–Trinajstić information content (AvgIpc) is 1.65. The first kappa shape index (κ1) is 7.96. The predicted octanol–water partition coefficient (Wildman–Crippen LogP) is 0.194. The van der Waals surface area contributed by atoms with Crippen molar-refractivity contribution >= 4 is 54.5 Å². The van der Waals surface area contributed by atoms with Crippen LogP contribution in [0.5, 0.6) is 0 Å². The summed E-state index contributed by atoms with van der Waals surface area (Å²) in [4.78, 5) is 10.2. The molecule has 0 radical (unpaired) electrons. The molecule has 40 valence electrons. The minimum atomic E-state index is -0.336. The molecule has 2 nitrogen and oxygen atoms in total. The van der Waals surface area contributed by atoms with Crippen LogP contribution in [0.2, 0.25) is 0 Å². The van der Waals surface area contributed by atoms with Gasteiger partial charge in [-0.3, -0.25) is 4.79 Å². The third kappa shape index (κ3) is 3.54. The first-order valence-electron chi connectivity index (χ1n) is 1.54. The molecule has 0 aromatic heterocycles. The number of hydrogen-bond acceptors (Lipinski definition) is 2. The molecule has 0 saturated heterocycles. The van der Waals surface area contributed by atoms with Crippen molar-refractivity contribution in [3.05, 3.63) is 0 Å². The van der Waals surface area contributed by atoms with Gasteiger partial charge in [0.05, 0.1) is 0 Å². The van der Waals surface area contributed by atoms with Crippen molar-refractivity contribution in [2.75, 3.05) is 0 Å². The summed E-state index contributed by atoms with van der Waals surface area (Å²) in [5, 5.41) is 0. The smallest absolute Gasteiger partial charge is 0.499 e. The molecule has 0 aliphatic rings. The number of carbonyl (C=O) groups is 1. The highest BCUT2D eigenvalue weighted by Gasteiger charge is 2.06. The van der Waals surface area contributed by atoms with E-state index in [1.54, 1.807) is 0 Å². The second kappa shape index (κ2) is 3.90. The zero-order chi connectivity index (χ0) is 5.86. The number of halogens is 2. The maximum Gasteiger partial charge on any atom is 0.499 e. The molecule has 0 unspecified atom stereocenters. The standard InChI is InChI=1S/C2H2Br2O2.Al.2H/c3-1(4)2(5)6;;;/h1H,(H,5,6);;;/q;+1;;/p-1. The van der Waals surface area contributed by atoms with E-state index >= 15 is 0 Å². The summed E-state index contributed by atoms with van der Waals surface area (Å²) in [5.41, 5.74) is 0. The second-order valence-corrected chi connectivity index (χ2v) is 4.29. The molecule has 0 saturated carbocycles. The van der Waals surface area contributed by atoms with Crippen LogP contribution in [0, 0.1) is 0 Å². The Balaban J connectivity index is 3.35. The fraction of sp³-hybridized carbons (Fsp3) is 0.500. The van der Waals surface area contributed by atoms with Crippen molar-refractivity contribution in [1.82, 2.24) is 0 Å². The van der Waals surface area contributed by atoms with Gasteiger partial charge in [0, 0.05) is 0 Å². The molecular weight excluding hydrogens is 243 g/mol. The molecule has 7 heavy (non-hydrogen) atoms. The summed E-state index contributed by atoms with van der Waals surface area (Å²) >= 11 is 6.39. The molecule has 0 fully saturated rings. The SMILES string of the molecule is O=C([O][AlH2])C(Br)Br. The normalized spacial score (nSPS) is 9.00. The number of carbonyl (C=O) groups excluding carboxylic acids is 1. The van der Waals surface area contributed by atoms with E-state index in [4.69, 9.17) is 0 Å². The van der Waals surface area contributed by atoms with E-state index < -0.39 is 0 Å². The molecule has 0 amide bonds. The highest BCUT2D eigenvalue weighted by atomic mass is 79.9. The van der Waals surface area contributed by atoms with Gasteiger partial charge in [-0.1, -0.05) is 31.9 Å². The van der Waals surface area contributed by atoms with Crippen molar-refractivity contribution in [3.63, 3.8) is 0 Å². The minimum Gasteiger partial charge on any atom is -0.620 e. The average molecular weight is 246 g/mol. The maximum atomic E-state index is 10.2. The van der Waals surface area contributed by atoms with E-state index in [0.717, 1.165) is 0 Å². The summed E-state index contributed by atoms with van der Waals surface area (Å²) in [6.45, 7) is 0. The quantitative estimate of drug-likeness (QED) is 0.487. The molecule has 0 N–H and O–H groups in total.